The minimum absolute atomic E-state index is 0.141. The predicted molar refractivity (Wildman–Crippen MR) is 57.8 cm³/mol. The highest BCUT2D eigenvalue weighted by molar-refractivity contribution is 5.74. The molecule has 2 amide bonds. The van der Waals surface area contributed by atoms with Gasteiger partial charge < -0.3 is 15.1 Å². The lowest BCUT2D eigenvalue weighted by Gasteiger charge is -2.33. The Kier molecular flexibility index (Phi) is 5.04. The highest BCUT2D eigenvalue weighted by Crippen LogP contribution is 2.17. The molecule has 0 radical (unpaired) electrons. The SMILES string of the molecule is CCCN(CC(F)(F)F)C(=O)N1CCNCC1. The van der Waals surface area contributed by atoms with Gasteiger partial charge in [0.2, 0.25) is 0 Å². The first kappa shape index (κ1) is 14.1. The maximum absolute atomic E-state index is 12.3. The number of halogens is 3. The average molecular weight is 253 g/mol. The fourth-order valence-electron chi connectivity index (χ4n) is 1.78. The van der Waals surface area contributed by atoms with E-state index >= 15 is 0 Å². The molecule has 0 atom stereocenters. The van der Waals surface area contributed by atoms with E-state index in [1.165, 1.54) is 4.90 Å². The van der Waals surface area contributed by atoms with Gasteiger partial charge in [-0.25, -0.2) is 4.79 Å². The number of nitrogens with zero attached hydrogens (tertiary/aromatic N) is 2. The first-order valence-corrected chi connectivity index (χ1v) is 5.75. The monoisotopic (exact) mass is 253 g/mol. The number of hydrogen-bond acceptors (Lipinski definition) is 2. The molecule has 0 aromatic carbocycles. The second-order valence-electron chi connectivity index (χ2n) is 4.06. The zero-order valence-electron chi connectivity index (χ0n) is 9.89. The van der Waals surface area contributed by atoms with Crippen molar-refractivity contribution in [3.63, 3.8) is 0 Å². The summed E-state index contributed by atoms with van der Waals surface area (Å²) in [7, 11) is 0. The van der Waals surface area contributed by atoms with Gasteiger partial charge in [0, 0.05) is 32.7 Å². The maximum atomic E-state index is 12.3. The summed E-state index contributed by atoms with van der Waals surface area (Å²) in [6.07, 6.45) is -3.81. The van der Waals surface area contributed by atoms with Crippen LogP contribution in [0.2, 0.25) is 0 Å². The van der Waals surface area contributed by atoms with E-state index in [9.17, 15) is 18.0 Å². The molecule has 1 rings (SSSR count). The molecule has 100 valence electrons. The predicted octanol–water partition coefficient (Wildman–Crippen LogP) is 1.29. The number of carbonyl (C=O) groups is 1. The van der Waals surface area contributed by atoms with E-state index in [0.29, 0.717) is 32.6 Å². The largest absolute Gasteiger partial charge is 0.406 e. The molecule has 1 heterocycles. The number of urea groups is 1. The van der Waals surface area contributed by atoms with E-state index in [4.69, 9.17) is 0 Å². The van der Waals surface area contributed by atoms with Gasteiger partial charge in [-0.2, -0.15) is 13.2 Å². The molecule has 0 unspecified atom stereocenters. The quantitative estimate of drug-likeness (QED) is 0.822. The van der Waals surface area contributed by atoms with Gasteiger partial charge in [-0.3, -0.25) is 0 Å². The molecule has 1 N–H and O–H groups in total. The van der Waals surface area contributed by atoms with Crippen LogP contribution in [-0.4, -0.2) is 61.3 Å². The molecule has 0 bridgehead atoms. The lowest BCUT2D eigenvalue weighted by atomic mass is 10.3. The summed E-state index contributed by atoms with van der Waals surface area (Å²) in [4.78, 5) is 14.2. The Morgan fingerprint density at radius 3 is 2.41 bits per heavy atom. The molecule has 0 aliphatic carbocycles. The summed E-state index contributed by atoms with van der Waals surface area (Å²) >= 11 is 0. The van der Waals surface area contributed by atoms with Crippen molar-refractivity contribution in [2.45, 2.75) is 19.5 Å². The number of piperazine rings is 1. The third-order valence-corrected chi connectivity index (χ3v) is 2.52. The lowest BCUT2D eigenvalue weighted by molar-refractivity contribution is -0.141. The summed E-state index contributed by atoms with van der Waals surface area (Å²) in [5.74, 6) is 0. The number of carbonyl (C=O) groups excluding carboxylic acids is 1. The molecule has 1 aliphatic rings. The zero-order valence-corrected chi connectivity index (χ0v) is 9.89. The summed E-state index contributed by atoms with van der Waals surface area (Å²) in [6, 6.07) is -0.509. The van der Waals surface area contributed by atoms with Crippen LogP contribution in [0.4, 0.5) is 18.0 Å². The number of alkyl halides is 3. The first-order chi connectivity index (χ1) is 7.94. The standard InChI is InChI=1S/C10H18F3N3O/c1-2-5-16(8-10(11,12)13)9(17)15-6-3-14-4-7-15/h14H,2-8H2,1H3. The molecule has 1 aliphatic heterocycles. The van der Waals surface area contributed by atoms with Crippen LogP contribution in [0, 0.1) is 0 Å². The van der Waals surface area contributed by atoms with E-state index in [2.05, 4.69) is 5.32 Å². The fourth-order valence-corrected chi connectivity index (χ4v) is 1.78. The van der Waals surface area contributed by atoms with Crippen molar-refractivity contribution in [1.29, 1.82) is 0 Å². The average Bonchev–Trinajstić information content (AvgIpc) is 2.27. The Bertz CT molecular complexity index is 252. The van der Waals surface area contributed by atoms with E-state index < -0.39 is 18.8 Å². The Hall–Kier alpha value is -0.980. The number of rotatable bonds is 3. The van der Waals surface area contributed by atoms with Crippen molar-refractivity contribution in [3.05, 3.63) is 0 Å². The van der Waals surface area contributed by atoms with Gasteiger partial charge in [-0.1, -0.05) is 6.92 Å². The van der Waals surface area contributed by atoms with Crippen molar-refractivity contribution >= 4 is 6.03 Å². The van der Waals surface area contributed by atoms with Gasteiger partial charge in [-0.15, -0.1) is 0 Å². The van der Waals surface area contributed by atoms with Crippen LogP contribution in [0.3, 0.4) is 0 Å². The lowest BCUT2D eigenvalue weighted by Crippen LogP contribution is -2.53. The molecule has 1 fully saturated rings. The van der Waals surface area contributed by atoms with Gasteiger partial charge >= 0.3 is 12.2 Å². The van der Waals surface area contributed by atoms with Gasteiger partial charge in [0.05, 0.1) is 0 Å². The van der Waals surface area contributed by atoms with Crippen LogP contribution in [0.5, 0.6) is 0 Å². The van der Waals surface area contributed by atoms with Gasteiger partial charge in [0.1, 0.15) is 6.54 Å². The van der Waals surface area contributed by atoms with Crippen LogP contribution in [0.15, 0.2) is 0 Å². The highest BCUT2D eigenvalue weighted by atomic mass is 19.4. The molecule has 0 saturated carbocycles. The van der Waals surface area contributed by atoms with E-state index in [0.717, 1.165) is 4.90 Å². The number of amides is 2. The Labute approximate surface area is 98.7 Å². The minimum atomic E-state index is -4.33. The summed E-state index contributed by atoms with van der Waals surface area (Å²) in [5.41, 5.74) is 0. The van der Waals surface area contributed by atoms with Crippen LogP contribution in [0.25, 0.3) is 0 Å². The van der Waals surface area contributed by atoms with Crippen LogP contribution < -0.4 is 5.32 Å². The normalized spacial score (nSPS) is 17.1. The van der Waals surface area contributed by atoms with E-state index in [1.54, 1.807) is 6.92 Å². The summed E-state index contributed by atoms with van der Waals surface area (Å²) < 4.78 is 37.0. The fraction of sp³-hybridized carbons (Fsp3) is 0.900. The summed E-state index contributed by atoms with van der Waals surface area (Å²) in [6.45, 7) is 2.95. The highest BCUT2D eigenvalue weighted by Gasteiger charge is 2.34. The molecular weight excluding hydrogens is 235 g/mol. The van der Waals surface area contributed by atoms with Gasteiger partial charge in [-0.05, 0) is 6.42 Å². The topological polar surface area (TPSA) is 35.6 Å². The Morgan fingerprint density at radius 2 is 1.94 bits per heavy atom. The zero-order chi connectivity index (χ0) is 12.9. The molecule has 0 spiro atoms. The summed E-state index contributed by atoms with van der Waals surface area (Å²) in [5, 5.41) is 3.05. The number of hydrogen-bond donors (Lipinski definition) is 1. The van der Waals surface area contributed by atoms with E-state index in [1.807, 2.05) is 0 Å². The van der Waals surface area contributed by atoms with Crippen LogP contribution >= 0.6 is 0 Å². The van der Waals surface area contributed by atoms with Crippen molar-refractivity contribution < 1.29 is 18.0 Å². The minimum Gasteiger partial charge on any atom is -0.322 e. The molecule has 0 aromatic heterocycles. The third-order valence-electron chi connectivity index (χ3n) is 2.52. The molecule has 7 heteroatoms. The molecule has 0 aromatic rings. The molecular formula is C10H18F3N3O. The van der Waals surface area contributed by atoms with E-state index in [-0.39, 0.29) is 6.54 Å². The van der Waals surface area contributed by atoms with Gasteiger partial charge in [0.15, 0.2) is 0 Å². The maximum Gasteiger partial charge on any atom is 0.406 e. The molecule has 17 heavy (non-hydrogen) atoms. The molecule has 4 nitrogen and oxygen atoms in total. The second kappa shape index (κ2) is 6.09. The number of nitrogens with one attached hydrogen (secondary N) is 1. The second-order valence-corrected chi connectivity index (χ2v) is 4.06. The smallest absolute Gasteiger partial charge is 0.322 e. The van der Waals surface area contributed by atoms with Crippen LogP contribution in [0.1, 0.15) is 13.3 Å². The first-order valence-electron chi connectivity index (χ1n) is 5.75. The van der Waals surface area contributed by atoms with Crippen molar-refractivity contribution in [2.24, 2.45) is 0 Å². The third kappa shape index (κ3) is 4.80. The van der Waals surface area contributed by atoms with Gasteiger partial charge in [0.25, 0.3) is 0 Å². The Balaban J connectivity index is 2.58. The van der Waals surface area contributed by atoms with Crippen molar-refractivity contribution in [2.75, 3.05) is 39.3 Å². The van der Waals surface area contributed by atoms with Crippen molar-refractivity contribution in [1.82, 2.24) is 15.1 Å². The van der Waals surface area contributed by atoms with Crippen molar-refractivity contribution in [3.8, 4) is 0 Å². The molecule has 1 saturated heterocycles. The van der Waals surface area contributed by atoms with Crippen LogP contribution in [-0.2, 0) is 0 Å². The Morgan fingerprint density at radius 1 is 1.35 bits per heavy atom.